The third-order valence-corrected chi connectivity index (χ3v) is 5.18. The Kier molecular flexibility index (Phi) is 5.69. The van der Waals surface area contributed by atoms with E-state index in [0.29, 0.717) is 28.5 Å². The van der Waals surface area contributed by atoms with Gasteiger partial charge in [-0.25, -0.2) is 9.07 Å². The van der Waals surface area contributed by atoms with Crippen molar-refractivity contribution in [2.45, 2.75) is 13.2 Å². The van der Waals surface area contributed by atoms with Gasteiger partial charge in [0.25, 0.3) is 5.89 Å². The first-order valence-electron chi connectivity index (χ1n) is 10.4. The molecule has 164 valence electrons. The molecular formula is C24H20FN7O. The fourth-order valence-electron chi connectivity index (χ4n) is 3.66. The molecule has 5 aromatic rings. The molecule has 0 fully saturated rings. The fraction of sp³-hybridized carbons (Fsp3) is 0.125. The summed E-state index contributed by atoms with van der Waals surface area (Å²) >= 11 is 0. The van der Waals surface area contributed by atoms with E-state index < -0.39 is 6.67 Å². The predicted octanol–water partition coefficient (Wildman–Crippen LogP) is 4.24. The average Bonchev–Trinajstić information content (AvgIpc) is 3.52. The summed E-state index contributed by atoms with van der Waals surface area (Å²) < 4.78 is 20.9. The van der Waals surface area contributed by atoms with Gasteiger partial charge in [-0.2, -0.15) is 4.98 Å². The highest BCUT2D eigenvalue weighted by Crippen LogP contribution is 2.33. The highest BCUT2D eigenvalue weighted by molar-refractivity contribution is 5.76. The molecule has 1 N–H and O–H groups in total. The summed E-state index contributed by atoms with van der Waals surface area (Å²) in [5.74, 6) is 0.669. The van der Waals surface area contributed by atoms with Gasteiger partial charge in [0, 0.05) is 35.6 Å². The first-order valence-corrected chi connectivity index (χ1v) is 10.4. The van der Waals surface area contributed by atoms with Crippen LogP contribution in [0.2, 0.25) is 0 Å². The quantitative estimate of drug-likeness (QED) is 0.404. The number of nitrogens with one attached hydrogen (secondary N) is 1. The Morgan fingerprint density at radius 3 is 2.67 bits per heavy atom. The third kappa shape index (κ3) is 4.01. The topological polar surface area (TPSA) is 94.6 Å². The number of aromatic nitrogens is 6. The van der Waals surface area contributed by atoms with E-state index in [4.69, 9.17) is 4.52 Å². The molecule has 9 heteroatoms. The molecule has 0 saturated carbocycles. The molecule has 0 unspecified atom stereocenters. The Hall–Kier alpha value is -4.24. The van der Waals surface area contributed by atoms with Gasteiger partial charge in [0.1, 0.15) is 12.4 Å². The normalized spacial score (nSPS) is 11.1. The predicted molar refractivity (Wildman–Crippen MR) is 121 cm³/mol. The van der Waals surface area contributed by atoms with Crippen LogP contribution in [-0.4, -0.2) is 37.2 Å². The third-order valence-electron chi connectivity index (χ3n) is 5.18. The lowest BCUT2D eigenvalue weighted by atomic mass is 10.1. The Balaban J connectivity index is 1.63. The molecule has 0 amide bonds. The van der Waals surface area contributed by atoms with Crippen molar-refractivity contribution >= 4 is 0 Å². The molecule has 3 aromatic heterocycles. The van der Waals surface area contributed by atoms with E-state index in [2.05, 4.69) is 30.8 Å². The monoisotopic (exact) mass is 441 g/mol. The van der Waals surface area contributed by atoms with Gasteiger partial charge in [0.15, 0.2) is 5.69 Å². The van der Waals surface area contributed by atoms with E-state index in [9.17, 15) is 4.39 Å². The number of benzene rings is 2. The van der Waals surface area contributed by atoms with Crippen LogP contribution in [0.1, 0.15) is 11.1 Å². The number of rotatable bonds is 7. The molecule has 3 heterocycles. The zero-order valence-corrected chi connectivity index (χ0v) is 17.8. The van der Waals surface area contributed by atoms with Crippen LogP contribution in [0.5, 0.6) is 0 Å². The van der Waals surface area contributed by atoms with E-state index in [-0.39, 0.29) is 5.89 Å². The van der Waals surface area contributed by atoms with Crippen molar-refractivity contribution in [3.63, 3.8) is 0 Å². The summed E-state index contributed by atoms with van der Waals surface area (Å²) in [5.41, 5.74) is 4.82. The summed E-state index contributed by atoms with van der Waals surface area (Å²) in [6, 6.07) is 18.7. The number of hydrogen-bond donors (Lipinski definition) is 1. The molecule has 8 nitrogen and oxygen atoms in total. The number of para-hydroxylation sites is 1. The highest BCUT2D eigenvalue weighted by Gasteiger charge is 2.24. The summed E-state index contributed by atoms with van der Waals surface area (Å²) in [4.78, 5) is 8.68. The van der Waals surface area contributed by atoms with E-state index in [1.54, 1.807) is 35.3 Å². The minimum absolute atomic E-state index is 0.222. The average molecular weight is 441 g/mol. The molecule has 2 aromatic carbocycles. The summed E-state index contributed by atoms with van der Waals surface area (Å²) in [6.07, 6.45) is 3.34. The van der Waals surface area contributed by atoms with Crippen LogP contribution in [0.4, 0.5) is 4.39 Å². The van der Waals surface area contributed by atoms with Crippen LogP contribution in [0.15, 0.2) is 77.6 Å². The Morgan fingerprint density at radius 2 is 1.85 bits per heavy atom. The van der Waals surface area contributed by atoms with Crippen molar-refractivity contribution in [1.29, 1.82) is 0 Å². The molecule has 5 rings (SSSR count). The number of pyridine rings is 1. The highest BCUT2D eigenvalue weighted by atomic mass is 19.1. The standard InChI is InChI=1S/C24H20FN7O/c1-26-15-16-5-4-7-18(13-16)23-28-24(33-30-23)21-22(17-9-11-27-12-10-17)32(31-29-21)20-8-3-2-6-19(20)14-25/h2-13,26H,14-15H2,1H3. The largest absolute Gasteiger partial charge is 0.332 e. The van der Waals surface area contributed by atoms with Crippen molar-refractivity contribution in [3.8, 4) is 39.9 Å². The minimum atomic E-state index is -0.630. The van der Waals surface area contributed by atoms with Crippen molar-refractivity contribution in [3.05, 3.63) is 84.2 Å². The van der Waals surface area contributed by atoms with E-state index in [1.165, 1.54) is 0 Å². The molecule has 0 aliphatic rings. The lowest BCUT2D eigenvalue weighted by Gasteiger charge is -2.10. The van der Waals surface area contributed by atoms with Gasteiger partial charge in [0.05, 0.1) is 5.69 Å². The lowest BCUT2D eigenvalue weighted by Crippen LogP contribution is -2.04. The van der Waals surface area contributed by atoms with Gasteiger partial charge >= 0.3 is 0 Å². The zero-order chi connectivity index (χ0) is 22.6. The zero-order valence-electron chi connectivity index (χ0n) is 17.8. The molecule has 0 aliphatic carbocycles. The second-order valence-corrected chi connectivity index (χ2v) is 7.35. The summed E-state index contributed by atoms with van der Waals surface area (Å²) in [5, 5.41) is 15.9. The minimum Gasteiger partial charge on any atom is -0.332 e. The van der Waals surface area contributed by atoms with Crippen molar-refractivity contribution in [2.24, 2.45) is 0 Å². The van der Waals surface area contributed by atoms with Gasteiger partial charge in [-0.3, -0.25) is 4.98 Å². The molecule has 0 radical (unpaired) electrons. The number of halogens is 1. The van der Waals surface area contributed by atoms with Crippen molar-refractivity contribution in [2.75, 3.05) is 7.05 Å². The maximum Gasteiger partial charge on any atom is 0.281 e. The van der Waals surface area contributed by atoms with E-state index in [1.807, 2.05) is 49.5 Å². The van der Waals surface area contributed by atoms with Gasteiger partial charge in [-0.1, -0.05) is 46.8 Å². The molecule has 0 saturated heterocycles. The smallest absolute Gasteiger partial charge is 0.281 e. The second kappa shape index (κ2) is 9.09. The summed E-state index contributed by atoms with van der Waals surface area (Å²) in [7, 11) is 1.89. The molecule has 0 aliphatic heterocycles. The second-order valence-electron chi connectivity index (χ2n) is 7.35. The number of nitrogens with zero attached hydrogens (tertiary/aromatic N) is 6. The van der Waals surface area contributed by atoms with Crippen LogP contribution in [0.3, 0.4) is 0 Å². The van der Waals surface area contributed by atoms with Crippen LogP contribution < -0.4 is 5.32 Å². The molecule has 0 spiro atoms. The van der Waals surface area contributed by atoms with Crippen molar-refractivity contribution < 1.29 is 8.91 Å². The summed E-state index contributed by atoms with van der Waals surface area (Å²) in [6.45, 7) is 0.0991. The number of hydrogen-bond acceptors (Lipinski definition) is 7. The maximum atomic E-state index is 13.7. The van der Waals surface area contributed by atoms with Crippen LogP contribution in [0.25, 0.3) is 39.9 Å². The van der Waals surface area contributed by atoms with E-state index >= 15 is 0 Å². The number of alkyl halides is 1. The van der Waals surface area contributed by atoms with Gasteiger partial charge in [-0.05, 0) is 36.9 Å². The molecular weight excluding hydrogens is 421 g/mol. The first-order chi connectivity index (χ1) is 16.3. The Labute approximate surface area is 189 Å². The van der Waals surface area contributed by atoms with Crippen molar-refractivity contribution in [1.82, 2.24) is 35.4 Å². The SMILES string of the molecule is CNCc1cccc(-c2noc(-c3nnn(-c4ccccc4CF)c3-c3ccncc3)n2)c1. The van der Waals surface area contributed by atoms with Gasteiger partial charge in [-0.15, -0.1) is 5.10 Å². The molecule has 0 atom stereocenters. The van der Waals surface area contributed by atoms with Crippen LogP contribution >= 0.6 is 0 Å². The van der Waals surface area contributed by atoms with Gasteiger partial charge in [0.2, 0.25) is 5.82 Å². The van der Waals surface area contributed by atoms with Crippen LogP contribution in [0, 0.1) is 0 Å². The molecule has 33 heavy (non-hydrogen) atoms. The van der Waals surface area contributed by atoms with Crippen LogP contribution in [-0.2, 0) is 13.2 Å². The Morgan fingerprint density at radius 1 is 1.00 bits per heavy atom. The fourth-order valence-corrected chi connectivity index (χ4v) is 3.66. The Bertz CT molecular complexity index is 1380. The maximum absolute atomic E-state index is 13.7. The first kappa shape index (κ1) is 20.7. The lowest BCUT2D eigenvalue weighted by molar-refractivity contribution is 0.431. The van der Waals surface area contributed by atoms with E-state index in [0.717, 1.165) is 23.2 Å². The molecule has 0 bridgehead atoms. The van der Waals surface area contributed by atoms with Gasteiger partial charge < -0.3 is 9.84 Å².